The van der Waals surface area contributed by atoms with Gasteiger partial charge < -0.3 is 19.3 Å². The molecule has 0 aliphatic rings. The van der Waals surface area contributed by atoms with Crippen molar-refractivity contribution in [3.8, 4) is 22.6 Å². The summed E-state index contributed by atoms with van der Waals surface area (Å²) in [5, 5.41) is 9.21. The van der Waals surface area contributed by atoms with Gasteiger partial charge in [-0.15, -0.1) is 0 Å². The maximum atomic E-state index is 12.4. The molecule has 1 unspecified atom stereocenters. The van der Waals surface area contributed by atoms with Gasteiger partial charge in [0, 0.05) is 0 Å². The Kier molecular flexibility index (Phi) is 9.70. The molecule has 33 heavy (non-hydrogen) atoms. The van der Waals surface area contributed by atoms with E-state index in [1.165, 1.54) is 6.08 Å². The van der Waals surface area contributed by atoms with Crippen molar-refractivity contribution in [1.82, 2.24) is 0 Å². The highest BCUT2D eigenvalue weighted by atomic mass is 16.6. The first-order valence-electron chi connectivity index (χ1n) is 11.2. The van der Waals surface area contributed by atoms with Gasteiger partial charge in [0.2, 0.25) is 0 Å². The van der Waals surface area contributed by atoms with E-state index in [0.717, 1.165) is 42.6 Å². The number of esters is 1. The highest BCUT2D eigenvalue weighted by Crippen LogP contribution is 2.23. The molecule has 0 aliphatic heterocycles. The van der Waals surface area contributed by atoms with Crippen molar-refractivity contribution in [3.63, 3.8) is 0 Å². The summed E-state index contributed by atoms with van der Waals surface area (Å²) in [4.78, 5) is 12.4. The molecule has 1 N–H and O–H groups in total. The highest BCUT2D eigenvalue weighted by Gasteiger charge is 2.09. The third-order valence-corrected chi connectivity index (χ3v) is 5.06. The number of ether oxygens (including phenoxy) is 3. The van der Waals surface area contributed by atoms with Gasteiger partial charge in [0.1, 0.15) is 11.5 Å². The molecule has 0 amide bonds. The van der Waals surface area contributed by atoms with Crippen LogP contribution in [0.3, 0.4) is 0 Å². The van der Waals surface area contributed by atoms with Crippen molar-refractivity contribution in [2.24, 2.45) is 0 Å². The Bertz CT molecular complexity index is 981. The lowest BCUT2D eigenvalue weighted by atomic mass is 10.1. The number of aliphatic hydroxyl groups is 1. The summed E-state index contributed by atoms with van der Waals surface area (Å²) in [6.07, 6.45) is 4.31. The summed E-state index contributed by atoms with van der Waals surface area (Å²) in [5.41, 5.74) is 2.65. The predicted octanol–water partition coefficient (Wildman–Crippen LogP) is 6.03. The van der Waals surface area contributed by atoms with Gasteiger partial charge in [0.15, 0.2) is 6.29 Å². The molecule has 3 rings (SSSR count). The smallest absolute Gasteiger partial charge is 0.343 e. The molecule has 0 bridgehead atoms. The lowest BCUT2D eigenvalue weighted by Gasteiger charge is -2.09. The molecular formula is C28H30O5. The molecule has 3 aromatic rings. The van der Waals surface area contributed by atoms with Gasteiger partial charge in [-0.3, -0.25) is 0 Å². The van der Waals surface area contributed by atoms with Gasteiger partial charge in [-0.2, -0.15) is 0 Å². The molecule has 3 aromatic carbocycles. The van der Waals surface area contributed by atoms with Crippen molar-refractivity contribution in [1.29, 1.82) is 0 Å². The number of unbranched alkanes of at least 4 members (excludes halogenated alkanes) is 3. The van der Waals surface area contributed by atoms with Crippen LogP contribution in [-0.4, -0.2) is 30.6 Å². The number of hydrogen-bond donors (Lipinski definition) is 1. The number of benzene rings is 3. The van der Waals surface area contributed by atoms with Crippen molar-refractivity contribution in [2.45, 2.75) is 32.0 Å². The molecule has 0 aliphatic carbocycles. The van der Waals surface area contributed by atoms with Crippen molar-refractivity contribution >= 4 is 5.97 Å². The summed E-state index contributed by atoms with van der Waals surface area (Å²) >= 11 is 0. The van der Waals surface area contributed by atoms with Crippen LogP contribution in [0.15, 0.2) is 91.5 Å². The summed E-state index contributed by atoms with van der Waals surface area (Å²) < 4.78 is 16.4. The highest BCUT2D eigenvalue weighted by molar-refractivity contribution is 5.91. The number of aliphatic hydroxyl groups excluding tert-OH is 1. The quantitative estimate of drug-likeness (QED) is 0.114. The molecule has 0 heterocycles. The van der Waals surface area contributed by atoms with Crippen LogP contribution in [0.4, 0.5) is 0 Å². The van der Waals surface area contributed by atoms with E-state index in [2.05, 4.69) is 6.58 Å². The van der Waals surface area contributed by atoms with Crippen molar-refractivity contribution in [3.05, 3.63) is 97.1 Å². The Balaban J connectivity index is 1.37. The topological polar surface area (TPSA) is 65.0 Å². The van der Waals surface area contributed by atoms with Crippen LogP contribution >= 0.6 is 0 Å². The number of rotatable bonds is 13. The standard InChI is InChI=1S/C28H30O5/c1-2-27(29)32-21-9-4-3-8-20-31-25-16-14-24(15-17-25)28(30)33-26-18-12-23(13-19-26)22-10-6-5-7-11-22/h2,5-7,10-19,27,29H,1,3-4,8-9,20-21H2. The minimum atomic E-state index is -0.881. The minimum absolute atomic E-state index is 0.405. The number of carbonyl (C=O) groups is 1. The lowest BCUT2D eigenvalue weighted by molar-refractivity contribution is -0.0649. The fourth-order valence-corrected chi connectivity index (χ4v) is 3.22. The van der Waals surface area contributed by atoms with Gasteiger partial charge in [-0.1, -0.05) is 55.5 Å². The zero-order valence-electron chi connectivity index (χ0n) is 18.7. The van der Waals surface area contributed by atoms with Crippen LogP contribution in [0.2, 0.25) is 0 Å². The summed E-state index contributed by atoms with van der Waals surface area (Å²) in [5.74, 6) is 0.818. The zero-order valence-corrected chi connectivity index (χ0v) is 18.7. The van der Waals surface area contributed by atoms with Gasteiger partial charge >= 0.3 is 5.97 Å². The Morgan fingerprint density at radius 2 is 1.39 bits per heavy atom. The van der Waals surface area contributed by atoms with Gasteiger partial charge in [-0.25, -0.2) is 4.79 Å². The molecule has 5 nitrogen and oxygen atoms in total. The first kappa shape index (κ1) is 24.2. The largest absolute Gasteiger partial charge is 0.494 e. The first-order valence-corrected chi connectivity index (χ1v) is 11.2. The molecule has 0 radical (unpaired) electrons. The average molecular weight is 447 g/mol. The Morgan fingerprint density at radius 1 is 0.788 bits per heavy atom. The van der Waals surface area contributed by atoms with Crippen LogP contribution in [-0.2, 0) is 4.74 Å². The number of hydrogen-bond acceptors (Lipinski definition) is 5. The summed E-state index contributed by atoms with van der Waals surface area (Å²) in [6.45, 7) is 4.58. The maximum absolute atomic E-state index is 12.4. The van der Waals surface area contributed by atoms with Gasteiger partial charge in [0.25, 0.3) is 0 Å². The summed E-state index contributed by atoms with van der Waals surface area (Å²) in [6, 6.07) is 24.5. The normalized spacial score (nSPS) is 11.5. The van der Waals surface area contributed by atoms with Crippen LogP contribution in [0.5, 0.6) is 11.5 Å². The molecular weight excluding hydrogens is 416 g/mol. The molecule has 0 spiro atoms. The Labute approximate surface area is 195 Å². The Morgan fingerprint density at radius 3 is 2.06 bits per heavy atom. The average Bonchev–Trinajstić information content (AvgIpc) is 2.86. The van der Waals surface area contributed by atoms with E-state index in [9.17, 15) is 9.90 Å². The van der Waals surface area contributed by atoms with Crippen LogP contribution in [0.25, 0.3) is 11.1 Å². The second kappa shape index (κ2) is 13.2. The third-order valence-electron chi connectivity index (χ3n) is 5.06. The van der Waals surface area contributed by atoms with E-state index in [4.69, 9.17) is 14.2 Å². The molecule has 172 valence electrons. The van der Waals surface area contributed by atoms with Gasteiger partial charge in [0.05, 0.1) is 18.8 Å². The van der Waals surface area contributed by atoms with Crippen molar-refractivity contribution in [2.75, 3.05) is 13.2 Å². The fraction of sp³-hybridized carbons (Fsp3) is 0.250. The molecule has 0 saturated heterocycles. The van der Waals surface area contributed by atoms with E-state index in [1.807, 2.05) is 42.5 Å². The molecule has 0 fully saturated rings. The third kappa shape index (κ3) is 8.22. The van der Waals surface area contributed by atoms with E-state index in [1.54, 1.807) is 36.4 Å². The van der Waals surface area contributed by atoms with Crippen LogP contribution in [0, 0.1) is 0 Å². The summed E-state index contributed by atoms with van der Waals surface area (Å²) in [7, 11) is 0. The predicted molar refractivity (Wildman–Crippen MR) is 129 cm³/mol. The molecule has 0 saturated carbocycles. The van der Waals surface area contributed by atoms with E-state index in [-0.39, 0.29) is 0 Å². The zero-order chi connectivity index (χ0) is 23.3. The second-order valence-electron chi connectivity index (χ2n) is 7.56. The van der Waals surface area contributed by atoms with Crippen LogP contribution < -0.4 is 9.47 Å². The van der Waals surface area contributed by atoms with Gasteiger partial charge in [-0.05, 0) is 72.9 Å². The minimum Gasteiger partial charge on any atom is -0.494 e. The number of carbonyl (C=O) groups excluding carboxylic acids is 1. The molecule has 0 aromatic heterocycles. The van der Waals surface area contributed by atoms with E-state index < -0.39 is 12.3 Å². The Hall–Kier alpha value is -3.41. The fourth-order valence-electron chi connectivity index (χ4n) is 3.22. The SMILES string of the molecule is C=CC(O)OCCCCCCOc1ccc(C(=O)Oc2ccc(-c3ccccc3)cc2)cc1. The molecule has 1 atom stereocenters. The van der Waals surface area contributed by atoms with E-state index in [0.29, 0.717) is 24.5 Å². The second-order valence-corrected chi connectivity index (χ2v) is 7.56. The first-order chi connectivity index (χ1) is 16.2. The van der Waals surface area contributed by atoms with Crippen molar-refractivity contribution < 1.29 is 24.1 Å². The molecule has 5 heteroatoms. The van der Waals surface area contributed by atoms with Crippen LogP contribution in [0.1, 0.15) is 36.0 Å². The monoisotopic (exact) mass is 446 g/mol. The lowest BCUT2D eigenvalue weighted by Crippen LogP contribution is -2.09. The van der Waals surface area contributed by atoms with E-state index >= 15 is 0 Å². The maximum Gasteiger partial charge on any atom is 0.343 e.